The van der Waals surface area contributed by atoms with Gasteiger partial charge in [0.1, 0.15) is 11.9 Å². The summed E-state index contributed by atoms with van der Waals surface area (Å²) in [6.45, 7) is 1.85. The molecule has 1 heterocycles. The summed E-state index contributed by atoms with van der Waals surface area (Å²) in [5.41, 5.74) is 3.65. The highest BCUT2D eigenvalue weighted by Gasteiger charge is 2.24. The average Bonchev–Trinajstić information content (AvgIpc) is 3.23. The largest absolute Gasteiger partial charge is 0.493 e. The fourth-order valence-corrected chi connectivity index (χ4v) is 3.80. The third-order valence-electron chi connectivity index (χ3n) is 5.37. The molecule has 32 heavy (non-hydrogen) atoms. The number of para-hydroxylation sites is 2. The smallest absolute Gasteiger partial charge is 0.258 e. The Hall–Kier alpha value is -3.80. The van der Waals surface area contributed by atoms with Crippen LogP contribution in [0, 0.1) is 0 Å². The number of ketones is 1. The summed E-state index contributed by atoms with van der Waals surface area (Å²) in [6.07, 6.45) is 0.525. The summed E-state index contributed by atoms with van der Waals surface area (Å²) in [7, 11) is 1.56. The van der Waals surface area contributed by atoms with Crippen LogP contribution in [0.3, 0.4) is 0 Å². The van der Waals surface area contributed by atoms with Crippen LogP contribution in [0.4, 0.5) is 0 Å². The lowest BCUT2D eigenvalue weighted by Crippen LogP contribution is -2.37. The Morgan fingerprint density at radius 1 is 1.03 bits per heavy atom. The molecular formula is C26H25NO5. The molecule has 0 spiro atoms. The van der Waals surface area contributed by atoms with Gasteiger partial charge < -0.3 is 19.5 Å². The topological polar surface area (TPSA) is 73.9 Å². The second-order valence-electron chi connectivity index (χ2n) is 7.61. The second-order valence-corrected chi connectivity index (χ2v) is 7.61. The van der Waals surface area contributed by atoms with Gasteiger partial charge in [0.2, 0.25) is 0 Å². The van der Waals surface area contributed by atoms with Crippen LogP contribution in [0.2, 0.25) is 0 Å². The molecular weight excluding hydrogens is 406 g/mol. The summed E-state index contributed by atoms with van der Waals surface area (Å²) in [5.74, 6) is 1.71. The molecule has 3 aromatic carbocycles. The van der Waals surface area contributed by atoms with Crippen LogP contribution >= 0.6 is 0 Å². The number of Topliss-reactive ketones (excluding diaryl/α,β-unsaturated/α-hetero) is 1. The third kappa shape index (κ3) is 4.75. The monoisotopic (exact) mass is 431 g/mol. The normalized spacial score (nSPS) is 14.2. The molecule has 3 aromatic rings. The van der Waals surface area contributed by atoms with Gasteiger partial charge in [0.25, 0.3) is 5.91 Å². The van der Waals surface area contributed by atoms with Crippen LogP contribution < -0.4 is 19.5 Å². The Balaban J connectivity index is 1.34. The molecule has 0 aliphatic carbocycles. The van der Waals surface area contributed by atoms with Crippen molar-refractivity contribution in [1.82, 2.24) is 5.32 Å². The maximum atomic E-state index is 12.2. The molecule has 1 amide bonds. The Labute approximate surface area is 187 Å². The number of ether oxygens (including phenoxy) is 3. The zero-order valence-corrected chi connectivity index (χ0v) is 18.1. The first kappa shape index (κ1) is 21.4. The highest BCUT2D eigenvalue weighted by atomic mass is 16.5. The van der Waals surface area contributed by atoms with Gasteiger partial charge in [-0.05, 0) is 47.9 Å². The summed E-state index contributed by atoms with van der Waals surface area (Å²) < 4.78 is 16.8. The summed E-state index contributed by atoms with van der Waals surface area (Å²) in [5, 5.41) is 2.86. The van der Waals surface area contributed by atoms with Crippen molar-refractivity contribution in [2.75, 3.05) is 20.3 Å². The summed E-state index contributed by atoms with van der Waals surface area (Å²) in [4.78, 5) is 24.2. The molecule has 1 unspecified atom stereocenters. The Bertz CT molecular complexity index is 1140. The van der Waals surface area contributed by atoms with E-state index in [0.717, 1.165) is 22.4 Å². The van der Waals surface area contributed by atoms with Gasteiger partial charge in [-0.25, -0.2) is 0 Å². The number of carbonyl (C=O) groups excluding carboxylic acids is 2. The van der Waals surface area contributed by atoms with E-state index in [9.17, 15) is 9.59 Å². The fraction of sp³-hybridized carbons (Fsp3) is 0.231. The minimum Gasteiger partial charge on any atom is -0.493 e. The zero-order valence-electron chi connectivity index (χ0n) is 18.1. The van der Waals surface area contributed by atoms with Crippen LogP contribution in [-0.4, -0.2) is 38.1 Å². The van der Waals surface area contributed by atoms with Crippen molar-refractivity contribution in [2.24, 2.45) is 0 Å². The van der Waals surface area contributed by atoms with E-state index in [2.05, 4.69) is 11.4 Å². The van der Waals surface area contributed by atoms with Crippen molar-refractivity contribution in [1.29, 1.82) is 0 Å². The number of benzene rings is 3. The summed E-state index contributed by atoms with van der Waals surface area (Å²) in [6, 6.07) is 20.7. The number of nitrogens with one attached hydrogen (secondary N) is 1. The maximum absolute atomic E-state index is 12.2. The molecule has 0 radical (unpaired) electrons. The van der Waals surface area contributed by atoms with E-state index in [-0.39, 0.29) is 24.4 Å². The molecule has 4 rings (SSSR count). The number of hydrogen-bond donors (Lipinski definition) is 1. The minimum atomic E-state index is -0.230. The fourth-order valence-electron chi connectivity index (χ4n) is 3.80. The van der Waals surface area contributed by atoms with E-state index in [1.165, 1.54) is 0 Å². The average molecular weight is 431 g/mol. The van der Waals surface area contributed by atoms with E-state index in [4.69, 9.17) is 14.2 Å². The molecule has 0 saturated heterocycles. The molecule has 0 saturated carbocycles. The SMILES string of the molecule is COc1ccccc1OCC(=O)NCC1Cc2cc(-c3ccccc3C(C)=O)ccc2O1. The van der Waals surface area contributed by atoms with Crippen LogP contribution in [0.1, 0.15) is 22.8 Å². The molecule has 1 aliphatic rings. The Morgan fingerprint density at radius 2 is 1.78 bits per heavy atom. The lowest BCUT2D eigenvalue weighted by molar-refractivity contribution is -0.123. The number of carbonyl (C=O) groups is 2. The molecule has 164 valence electrons. The van der Waals surface area contributed by atoms with Gasteiger partial charge in [-0.3, -0.25) is 9.59 Å². The molecule has 6 nitrogen and oxygen atoms in total. The first-order chi connectivity index (χ1) is 15.5. The van der Waals surface area contributed by atoms with Gasteiger partial charge in [-0.15, -0.1) is 0 Å². The first-order valence-electron chi connectivity index (χ1n) is 10.5. The van der Waals surface area contributed by atoms with E-state index < -0.39 is 0 Å². The van der Waals surface area contributed by atoms with Crippen LogP contribution in [0.5, 0.6) is 17.2 Å². The quantitative estimate of drug-likeness (QED) is 0.545. The standard InChI is InChI=1S/C26H25NO5/c1-17(28)21-7-3-4-8-22(21)18-11-12-23-19(13-18)14-20(32-23)15-27-26(29)16-31-25-10-6-5-9-24(25)30-2/h3-13,20H,14-16H2,1-2H3,(H,27,29). The van der Waals surface area contributed by atoms with Crippen LogP contribution in [0.25, 0.3) is 11.1 Å². The third-order valence-corrected chi connectivity index (χ3v) is 5.37. The van der Waals surface area contributed by atoms with Gasteiger partial charge in [0.15, 0.2) is 23.9 Å². The number of fused-ring (bicyclic) bond motifs is 1. The second kappa shape index (κ2) is 9.56. The predicted octanol–water partition coefficient (Wildman–Crippen LogP) is 4.06. The Kier molecular flexibility index (Phi) is 6.40. The number of amides is 1. The van der Waals surface area contributed by atoms with Crippen molar-refractivity contribution < 1.29 is 23.8 Å². The van der Waals surface area contributed by atoms with Gasteiger partial charge in [0.05, 0.1) is 13.7 Å². The molecule has 1 atom stereocenters. The van der Waals surface area contributed by atoms with Crippen molar-refractivity contribution in [3.8, 4) is 28.4 Å². The number of hydrogen-bond acceptors (Lipinski definition) is 5. The van der Waals surface area contributed by atoms with Gasteiger partial charge in [-0.1, -0.05) is 42.5 Å². The van der Waals surface area contributed by atoms with E-state index in [1.54, 1.807) is 26.2 Å². The molecule has 1 N–H and O–H groups in total. The van der Waals surface area contributed by atoms with Crippen molar-refractivity contribution in [3.05, 3.63) is 77.9 Å². The maximum Gasteiger partial charge on any atom is 0.258 e. The van der Waals surface area contributed by atoms with Crippen LogP contribution in [-0.2, 0) is 11.2 Å². The van der Waals surface area contributed by atoms with Crippen molar-refractivity contribution in [2.45, 2.75) is 19.4 Å². The predicted molar refractivity (Wildman–Crippen MR) is 122 cm³/mol. The molecule has 0 bridgehead atoms. The zero-order chi connectivity index (χ0) is 22.5. The highest BCUT2D eigenvalue weighted by molar-refractivity contribution is 6.00. The molecule has 6 heteroatoms. The highest BCUT2D eigenvalue weighted by Crippen LogP contribution is 2.34. The number of rotatable bonds is 8. The van der Waals surface area contributed by atoms with Gasteiger partial charge >= 0.3 is 0 Å². The lowest BCUT2D eigenvalue weighted by atomic mass is 9.95. The van der Waals surface area contributed by atoms with Crippen molar-refractivity contribution >= 4 is 11.7 Å². The first-order valence-corrected chi connectivity index (χ1v) is 10.5. The van der Waals surface area contributed by atoms with Gasteiger partial charge in [-0.2, -0.15) is 0 Å². The Morgan fingerprint density at radius 3 is 2.56 bits per heavy atom. The minimum absolute atomic E-state index is 0.0354. The number of methoxy groups -OCH3 is 1. The summed E-state index contributed by atoms with van der Waals surface area (Å²) >= 11 is 0. The van der Waals surface area contributed by atoms with E-state index in [1.807, 2.05) is 48.5 Å². The molecule has 1 aliphatic heterocycles. The molecule has 0 aromatic heterocycles. The van der Waals surface area contributed by atoms with Crippen molar-refractivity contribution in [3.63, 3.8) is 0 Å². The van der Waals surface area contributed by atoms with E-state index in [0.29, 0.717) is 30.0 Å². The molecule has 0 fully saturated rings. The lowest BCUT2D eigenvalue weighted by Gasteiger charge is -2.13. The van der Waals surface area contributed by atoms with Gasteiger partial charge in [0, 0.05) is 12.0 Å². The van der Waals surface area contributed by atoms with E-state index >= 15 is 0 Å². The van der Waals surface area contributed by atoms with Crippen LogP contribution in [0.15, 0.2) is 66.7 Å².